The first-order valence-corrected chi connectivity index (χ1v) is 5.30. The molecule has 0 bridgehead atoms. The standard InChI is InChI=1S/C12H18N2.ClH/c1-10-3-4-12(9-11(10)2)14-7-5-13-6-8-14;/h3-4,9,13H,5-8H2,1-2H3;1H. The van der Waals surface area contributed by atoms with Crippen molar-refractivity contribution in [3.05, 3.63) is 29.3 Å². The number of benzene rings is 1. The number of halogens is 1. The zero-order chi connectivity index (χ0) is 9.97. The van der Waals surface area contributed by atoms with Gasteiger partial charge in [-0.25, -0.2) is 0 Å². The van der Waals surface area contributed by atoms with Gasteiger partial charge >= 0.3 is 0 Å². The van der Waals surface area contributed by atoms with E-state index in [2.05, 4.69) is 42.3 Å². The maximum absolute atomic E-state index is 3.37. The van der Waals surface area contributed by atoms with E-state index in [-0.39, 0.29) is 12.4 Å². The smallest absolute Gasteiger partial charge is 0.0369 e. The molecule has 1 fully saturated rings. The Morgan fingerprint density at radius 2 is 1.73 bits per heavy atom. The molecule has 3 heteroatoms. The van der Waals surface area contributed by atoms with Crippen molar-refractivity contribution in [1.82, 2.24) is 5.32 Å². The van der Waals surface area contributed by atoms with E-state index >= 15 is 0 Å². The molecule has 0 saturated carbocycles. The van der Waals surface area contributed by atoms with Crippen LogP contribution < -0.4 is 10.2 Å². The summed E-state index contributed by atoms with van der Waals surface area (Å²) in [6, 6.07) is 6.74. The molecule has 0 atom stereocenters. The van der Waals surface area contributed by atoms with Gasteiger partial charge in [0.1, 0.15) is 0 Å². The van der Waals surface area contributed by atoms with Crippen LogP contribution in [0, 0.1) is 13.8 Å². The first-order valence-electron chi connectivity index (χ1n) is 5.30. The van der Waals surface area contributed by atoms with Crippen LogP contribution in [-0.2, 0) is 0 Å². The fourth-order valence-electron chi connectivity index (χ4n) is 1.85. The Morgan fingerprint density at radius 1 is 1.07 bits per heavy atom. The molecule has 15 heavy (non-hydrogen) atoms. The highest BCUT2D eigenvalue weighted by Gasteiger charge is 2.10. The summed E-state index contributed by atoms with van der Waals surface area (Å²) in [4.78, 5) is 2.45. The molecule has 1 N–H and O–H groups in total. The van der Waals surface area contributed by atoms with Gasteiger partial charge < -0.3 is 10.2 Å². The summed E-state index contributed by atoms with van der Waals surface area (Å²) < 4.78 is 0. The van der Waals surface area contributed by atoms with Crippen molar-refractivity contribution in [2.45, 2.75) is 13.8 Å². The number of aryl methyl sites for hydroxylation is 2. The number of nitrogens with zero attached hydrogens (tertiary/aromatic N) is 1. The maximum atomic E-state index is 3.37. The molecule has 1 aromatic carbocycles. The largest absolute Gasteiger partial charge is 0.369 e. The summed E-state index contributed by atoms with van der Waals surface area (Å²) in [7, 11) is 0. The quantitative estimate of drug-likeness (QED) is 0.790. The van der Waals surface area contributed by atoms with Crippen LogP contribution in [0.1, 0.15) is 11.1 Å². The van der Waals surface area contributed by atoms with E-state index in [0.29, 0.717) is 0 Å². The average Bonchev–Trinajstić information content (AvgIpc) is 2.23. The predicted octanol–water partition coefficient (Wildman–Crippen LogP) is 2.13. The zero-order valence-corrected chi connectivity index (χ0v) is 10.2. The molecule has 1 heterocycles. The second-order valence-electron chi connectivity index (χ2n) is 4.01. The van der Waals surface area contributed by atoms with Crippen molar-refractivity contribution >= 4 is 18.1 Å². The molecule has 0 amide bonds. The Kier molecular flexibility index (Phi) is 4.43. The van der Waals surface area contributed by atoms with Crippen LogP contribution in [0.5, 0.6) is 0 Å². The molecule has 1 aliphatic heterocycles. The lowest BCUT2D eigenvalue weighted by Crippen LogP contribution is -2.43. The molecule has 1 saturated heterocycles. The first-order chi connectivity index (χ1) is 6.77. The Hall–Kier alpha value is -0.730. The van der Waals surface area contributed by atoms with Gasteiger partial charge in [0, 0.05) is 31.9 Å². The van der Waals surface area contributed by atoms with Gasteiger partial charge in [0.2, 0.25) is 0 Å². The van der Waals surface area contributed by atoms with Crippen LogP contribution in [0.2, 0.25) is 0 Å². The van der Waals surface area contributed by atoms with Gasteiger partial charge in [-0.2, -0.15) is 0 Å². The first kappa shape index (κ1) is 12.3. The number of hydrogen-bond donors (Lipinski definition) is 1. The molecule has 2 rings (SSSR count). The summed E-state index contributed by atoms with van der Waals surface area (Å²) >= 11 is 0. The predicted molar refractivity (Wildman–Crippen MR) is 68.2 cm³/mol. The number of rotatable bonds is 1. The molecule has 0 radical (unpaired) electrons. The second-order valence-corrected chi connectivity index (χ2v) is 4.01. The van der Waals surface area contributed by atoms with E-state index in [4.69, 9.17) is 0 Å². The number of hydrogen-bond acceptors (Lipinski definition) is 2. The third-order valence-electron chi connectivity index (χ3n) is 2.97. The van der Waals surface area contributed by atoms with Crippen molar-refractivity contribution < 1.29 is 0 Å². The van der Waals surface area contributed by atoms with Crippen molar-refractivity contribution in [3.63, 3.8) is 0 Å². The maximum Gasteiger partial charge on any atom is 0.0369 e. The molecule has 0 aliphatic carbocycles. The Bertz CT molecular complexity index is 319. The van der Waals surface area contributed by atoms with E-state index in [0.717, 1.165) is 26.2 Å². The number of nitrogens with one attached hydrogen (secondary N) is 1. The molecule has 0 aromatic heterocycles. The van der Waals surface area contributed by atoms with Crippen LogP contribution >= 0.6 is 12.4 Å². The van der Waals surface area contributed by atoms with Crippen molar-refractivity contribution in [1.29, 1.82) is 0 Å². The minimum absolute atomic E-state index is 0. The van der Waals surface area contributed by atoms with Crippen molar-refractivity contribution in [2.24, 2.45) is 0 Å². The number of anilines is 1. The van der Waals surface area contributed by atoms with E-state index in [9.17, 15) is 0 Å². The molecular formula is C12H19ClN2. The Balaban J connectivity index is 0.00000112. The summed E-state index contributed by atoms with van der Waals surface area (Å²) in [5, 5.41) is 3.37. The minimum atomic E-state index is 0. The van der Waals surface area contributed by atoms with E-state index in [1.54, 1.807) is 0 Å². The SMILES string of the molecule is Cc1ccc(N2CCNCC2)cc1C.Cl. The Labute approximate surface area is 98.1 Å². The van der Waals surface area contributed by atoms with Gasteiger partial charge in [0.15, 0.2) is 0 Å². The highest BCUT2D eigenvalue weighted by atomic mass is 35.5. The molecule has 84 valence electrons. The zero-order valence-electron chi connectivity index (χ0n) is 9.42. The fourth-order valence-corrected chi connectivity index (χ4v) is 1.85. The summed E-state index contributed by atoms with van der Waals surface area (Å²) in [6.45, 7) is 8.81. The third kappa shape index (κ3) is 2.86. The van der Waals surface area contributed by atoms with Gasteiger partial charge in [0.25, 0.3) is 0 Å². The highest BCUT2D eigenvalue weighted by Crippen LogP contribution is 2.18. The van der Waals surface area contributed by atoms with E-state index < -0.39 is 0 Å². The normalized spacial score (nSPS) is 16.0. The van der Waals surface area contributed by atoms with Gasteiger partial charge in [-0.15, -0.1) is 12.4 Å². The fraction of sp³-hybridized carbons (Fsp3) is 0.500. The average molecular weight is 227 g/mol. The molecular weight excluding hydrogens is 208 g/mol. The lowest BCUT2D eigenvalue weighted by atomic mass is 10.1. The molecule has 1 aromatic rings. The lowest BCUT2D eigenvalue weighted by Gasteiger charge is -2.29. The summed E-state index contributed by atoms with van der Waals surface area (Å²) in [5.41, 5.74) is 4.14. The molecule has 0 unspecified atom stereocenters. The monoisotopic (exact) mass is 226 g/mol. The highest BCUT2D eigenvalue weighted by molar-refractivity contribution is 5.85. The third-order valence-corrected chi connectivity index (χ3v) is 2.97. The summed E-state index contributed by atoms with van der Waals surface area (Å²) in [6.07, 6.45) is 0. The summed E-state index contributed by atoms with van der Waals surface area (Å²) in [5.74, 6) is 0. The van der Waals surface area contributed by atoms with E-state index in [1.807, 2.05) is 0 Å². The molecule has 0 spiro atoms. The second kappa shape index (κ2) is 5.38. The molecule has 2 nitrogen and oxygen atoms in total. The van der Waals surface area contributed by atoms with Crippen LogP contribution in [0.15, 0.2) is 18.2 Å². The van der Waals surface area contributed by atoms with Crippen molar-refractivity contribution in [3.8, 4) is 0 Å². The molecule has 1 aliphatic rings. The topological polar surface area (TPSA) is 15.3 Å². The van der Waals surface area contributed by atoms with Crippen LogP contribution in [0.4, 0.5) is 5.69 Å². The van der Waals surface area contributed by atoms with Gasteiger partial charge in [-0.3, -0.25) is 0 Å². The lowest BCUT2D eigenvalue weighted by molar-refractivity contribution is 0.589. The van der Waals surface area contributed by atoms with Crippen molar-refractivity contribution in [2.75, 3.05) is 31.1 Å². The van der Waals surface area contributed by atoms with Gasteiger partial charge in [-0.1, -0.05) is 6.07 Å². The van der Waals surface area contributed by atoms with Crippen LogP contribution in [0.25, 0.3) is 0 Å². The Morgan fingerprint density at radius 3 is 2.33 bits per heavy atom. The number of piperazine rings is 1. The van der Waals surface area contributed by atoms with Gasteiger partial charge in [-0.05, 0) is 37.1 Å². The van der Waals surface area contributed by atoms with Crippen LogP contribution in [0.3, 0.4) is 0 Å². The minimum Gasteiger partial charge on any atom is -0.369 e. The van der Waals surface area contributed by atoms with E-state index in [1.165, 1.54) is 16.8 Å². The van der Waals surface area contributed by atoms with Gasteiger partial charge in [0.05, 0.1) is 0 Å². The van der Waals surface area contributed by atoms with Crippen LogP contribution in [-0.4, -0.2) is 26.2 Å².